The Labute approximate surface area is 138 Å². The van der Waals surface area contributed by atoms with Crippen LogP contribution in [0.3, 0.4) is 0 Å². The van der Waals surface area contributed by atoms with Gasteiger partial charge < -0.3 is 10.1 Å². The van der Waals surface area contributed by atoms with Crippen LogP contribution in [-0.2, 0) is 14.3 Å². The number of carbonyl (C=O) groups is 2. The van der Waals surface area contributed by atoms with Crippen molar-refractivity contribution in [3.05, 3.63) is 10.1 Å². The first kappa shape index (κ1) is 22.1. The van der Waals surface area contributed by atoms with Crippen LogP contribution in [0.2, 0.25) is 0 Å². The number of amides is 1. The summed E-state index contributed by atoms with van der Waals surface area (Å²) in [6, 6.07) is -1.80. The Balaban J connectivity index is 5.76. The maximum absolute atomic E-state index is 12.5. The number of nitro groups is 1. The van der Waals surface area contributed by atoms with Gasteiger partial charge in [-0.15, -0.1) is 0 Å². The highest BCUT2D eigenvalue weighted by molar-refractivity contribution is 5.88. The highest BCUT2D eigenvalue weighted by atomic mass is 19.4. The Morgan fingerprint density at radius 2 is 1.58 bits per heavy atom. The van der Waals surface area contributed by atoms with Crippen LogP contribution in [0.15, 0.2) is 0 Å². The molecule has 140 valence electrons. The van der Waals surface area contributed by atoms with E-state index in [-0.39, 0.29) is 0 Å². The molecule has 0 unspecified atom stereocenters. The fourth-order valence-electron chi connectivity index (χ4n) is 1.95. The first-order valence-electron chi connectivity index (χ1n) is 7.17. The molecular weight excluding hydrogens is 333 g/mol. The molecule has 0 aliphatic carbocycles. The number of halogens is 3. The third kappa shape index (κ3) is 7.60. The lowest BCUT2D eigenvalue weighted by molar-refractivity contribution is -0.492. The molecule has 1 N–H and O–H groups in total. The second kappa shape index (κ2) is 7.35. The number of rotatable bonds is 5. The summed E-state index contributed by atoms with van der Waals surface area (Å²) < 4.78 is 42.6. The van der Waals surface area contributed by atoms with Crippen molar-refractivity contribution < 1.29 is 32.4 Å². The number of hydrogen-bond donors (Lipinski definition) is 1. The van der Waals surface area contributed by atoms with Gasteiger partial charge in [-0.3, -0.25) is 14.9 Å². The summed E-state index contributed by atoms with van der Waals surface area (Å²) in [6.45, 7) is 8.26. The van der Waals surface area contributed by atoms with Crippen molar-refractivity contribution >= 4 is 11.9 Å². The molecule has 0 saturated heterocycles. The molecule has 7 nitrogen and oxygen atoms in total. The molecule has 0 aromatic heterocycles. The summed E-state index contributed by atoms with van der Waals surface area (Å²) >= 11 is 0. The number of nitrogens with one attached hydrogen (secondary N) is 1. The first-order chi connectivity index (χ1) is 10.4. The molecule has 24 heavy (non-hydrogen) atoms. The predicted octanol–water partition coefficient (Wildman–Crippen LogP) is 2.31. The van der Waals surface area contributed by atoms with Crippen molar-refractivity contribution in [1.29, 1.82) is 0 Å². The van der Waals surface area contributed by atoms with Crippen LogP contribution in [0.25, 0.3) is 0 Å². The number of nitrogens with zero attached hydrogens (tertiary/aromatic N) is 1. The maximum atomic E-state index is 12.5. The molecule has 0 bridgehead atoms. The minimum atomic E-state index is -5.22. The molecule has 0 fully saturated rings. The van der Waals surface area contributed by atoms with Gasteiger partial charge in [0.15, 0.2) is 0 Å². The van der Waals surface area contributed by atoms with E-state index in [4.69, 9.17) is 4.74 Å². The minimum absolute atomic E-state index is 0.743. The molecule has 1 amide bonds. The summed E-state index contributed by atoms with van der Waals surface area (Å²) in [5.74, 6) is -4.70. The van der Waals surface area contributed by atoms with Crippen LogP contribution in [0, 0.1) is 21.4 Å². The summed E-state index contributed by atoms with van der Waals surface area (Å²) in [5, 5.41) is 12.4. The largest absolute Gasteiger partial charge is 0.471 e. The monoisotopic (exact) mass is 356 g/mol. The minimum Gasteiger partial charge on any atom is -0.458 e. The zero-order valence-electron chi connectivity index (χ0n) is 14.5. The van der Waals surface area contributed by atoms with E-state index in [1.165, 1.54) is 41.5 Å². The van der Waals surface area contributed by atoms with Gasteiger partial charge in [0.1, 0.15) is 11.6 Å². The van der Waals surface area contributed by atoms with Crippen molar-refractivity contribution in [1.82, 2.24) is 5.32 Å². The Morgan fingerprint density at radius 1 is 1.12 bits per heavy atom. The van der Waals surface area contributed by atoms with Gasteiger partial charge in [0, 0.05) is 4.92 Å². The van der Waals surface area contributed by atoms with Crippen LogP contribution in [0.5, 0.6) is 0 Å². The van der Waals surface area contributed by atoms with Crippen molar-refractivity contribution in [2.75, 3.05) is 6.54 Å². The molecule has 0 aromatic carbocycles. The Bertz CT molecular complexity index is 492. The summed E-state index contributed by atoms with van der Waals surface area (Å²) in [5.41, 5.74) is -1.97. The van der Waals surface area contributed by atoms with E-state index < -0.39 is 52.5 Å². The highest BCUT2D eigenvalue weighted by Gasteiger charge is 2.47. The van der Waals surface area contributed by atoms with Crippen LogP contribution in [-0.4, -0.2) is 41.2 Å². The van der Waals surface area contributed by atoms with Gasteiger partial charge in [-0.05, 0) is 26.2 Å². The fourth-order valence-corrected chi connectivity index (χ4v) is 1.95. The van der Waals surface area contributed by atoms with E-state index in [1.807, 2.05) is 0 Å². The van der Waals surface area contributed by atoms with Crippen molar-refractivity contribution in [2.24, 2.45) is 11.3 Å². The first-order valence-corrected chi connectivity index (χ1v) is 7.17. The SMILES string of the molecule is CC(C)(C)OC(=O)[C@@H](NC(=O)C(F)(F)F)[C@H](C[N+](=O)[O-])C(C)(C)C. The molecule has 0 aliphatic heterocycles. The number of carbonyl (C=O) groups excluding carboxylic acids is 2. The van der Waals surface area contributed by atoms with Gasteiger partial charge in [0.25, 0.3) is 0 Å². The second-order valence-corrected chi connectivity index (χ2v) is 7.47. The molecule has 0 aliphatic rings. The normalized spacial score (nSPS) is 15.4. The standard InChI is InChI=1S/C14H23F3N2O5/c1-12(2,3)8(7-19(22)23)9(10(20)24-13(4,5)6)18-11(21)14(15,16)17/h8-9H,7H2,1-6H3,(H,18,21)/t8-,9-/m0/s1. The lowest BCUT2D eigenvalue weighted by atomic mass is 9.76. The zero-order chi connectivity index (χ0) is 19.5. The van der Waals surface area contributed by atoms with Gasteiger partial charge >= 0.3 is 18.1 Å². The average molecular weight is 356 g/mol. The van der Waals surface area contributed by atoms with Crippen molar-refractivity contribution in [3.63, 3.8) is 0 Å². The Hall–Kier alpha value is -1.87. The van der Waals surface area contributed by atoms with E-state index in [0.29, 0.717) is 0 Å². The predicted molar refractivity (Wildman–Crippen MR) is 78.6 cm³/mol. The van der Waals surface area contributed by atoms with Gasteiger partial charge in [-0.25, -0.2) is 4.79 Å². The van der Waals surface area contributed by atoms with Crippen LogP contribution < -0.4 is 5.32 Å². The van der Waals surface area contributed by atoms with E-state index >= 15 is 0 Å². The molecule has 0 aromatic rings. The molecule has 0 spiro atoms. The Kier molecular flexibility index (Phi) is 6.78. The van der Waals surface area contributed by atoms with Crippen LogP contribution >= 0.6 is 0 Å². The molecule has 0 saturated carbocycles. The summed E-state index contributed by atoms with van der Waals surface area (Å²) in [7, 11) is 0. The fraction of sp³-hybridized carbons (Fsp3) is 0.857. The quantitative estimate of drug-likeness (QED) is 0.463. The number of hydrogen-bond acceptors (Lipinski definition) is 5. The maximum Gasteiger partial charge on any atom is 0.471 e. The highest BCUT2D eigenvalue weighted by Crippen LogP contribution is 2.31. The molecule has 0 radical (unpaired) electrons. The van der Waals surface area contributed by atoms with E-state index in [1.54, 1.807) is 5.32 Å². The van der Waals surface area contributed by atoms with Crippen LogP contribution in [0.4, 0.5) is 13.2 Å². The average Bonchev–Trinajstić information content (AvgIpc) is 2.27. The topological polar surface area (TPSA) is 98.5 Å². The van der Waals surface area contributed by atoms with Crippen molar-refractivity contribution in [3.8, 4) is 0 Å². The number of ether oxygens (including phenoxy) is 1. The van der Waals surface area contributed by atoms with Crippen LogP contribution in [0.1, 0.15) is 41.5 Å². The number of alkyl halides is 3. The van der Waals surface area contributed by atoms with E-state index in [2.05, 4.69) is 0 Å². The summed E-state index contributed by atoms with van der Waals surface area (Å²) in [4.78, 5) is 33.6. The van der Waals surface area contributed by atoms with E-state index in [9.17, 15) is 32.9 Å². The van der Waals surface area contributed by atoms with Gasteiger partial charge in [0.05, 0.1) is 5.92 Å². The smallest absolute Gasteiger partial charge is 0.458 e. The third-order valence-corrected chi connectivity index (χ3v) is 3.07. The third-order valence-electron chi connectivity index (χ3n) is 3.07. The molecular formula is C14H23F3N2O5. The molecule has 2 atom stereocenters. The Morgan fingerprint density at radius 3 is 1.88 bits per heavy atom. The van der Waals surface area contributed by atoms with Crippen molar-refractivity contribution in [2.45, 2.75) is 59.4 Å². The lowest BCUT2D eigenvalue weighted by Gasteiger charge is -2.35. The zero-order valence-corrected chi connectivity index (χ0v) is 14.5. The van der Waals surface area contributed by atoms with E-state index in [0.717, 1.165) is 0 Å². The summed E-state index contributed by atoms with van der Waals surface area (Å²) in [6.07, 6.45) is -5.22. The molecule has 0 rings (SSSR count). The molecule has 10 heteroatoms. The molecule has 0 heterocycles. The van der Waals surface area contributed by atoms with Gasteiger partial charge in [0.2, 0.25) is 6.54 Å². The van der Waals surface area contributed by atoms with Gasteiger partial charge in [-0.1, -0.05) is 20.8 Å². The second-order valence-electron chi connectivity index (χ2n) is 7.47. The van der Waals surface area contributed by atoms with Gasteiger partial charge in [-0.2, -0.15) is 13.2 Å². The lowest BCUT2D eigenvalue weighted by Crippen LogP contribution is -2.56. The number of esters is 1.